The smallest absolute Gasteiger partial charge is 0.416 e. The van der Waals surface area contributed by atoms with Crippen LogP contribution in [0.15, 0.2) is 52.3 Å². The molecule has 2 bridgehead atoms. The van der Waals surface area contributed by atoms with Crippen LogP contribution >= 0.6 is 23.1 Å². The first-order valence-corrected chi connectivity index (χ1v) is 14.5. The molecule has 1 saturated heterocycles. The molecule has 3 aromatic rings. The molecule has 2 aliphatic heterocycles. The number of halogens is 3. The Kier molecular flexibility index (Phi) is 5.70. The molecule has 0 spiro atoms. The molecule has 7 atom stereocenters. The van der Waals surface area contributed by atoms with Crippen LogP contribution in [0.3, 0.4) is 0 Å². The number of amides is 2. The first-order valence-electron chi connectivity index (χ1n) is 12.8. The van der Waals surface area contributed by atoms with Crippen LogP contribution in [0.5, 0.6) is 11.5 Å². The molecular formula is C28H23F3N2O5S2. The zero-order chi connectivity index (χ0) is 28.1. The molecule has 3 fully saturated rings. The molecule has 40 heavy (non-hydrogen) atoms. The van der Waals surface area contributed by atoms with Gasteiger partial charge in [0.15, 0.2) is 11.5 Å². The second-order valence-corrected chi connectivity index (χ2v) is 12.8. The highest BCUT2D eigenvalue weighted by molar-refractivity contribution is 8.00. The molecule has 2 amide bonds. The van der Waals surface area contributed by atoms with Gasteiger partial charge in [-0.3, -0.25) is 19.3 Å². The number of thioether (sulfide) groups is 1. The maximum absolute atomic E-state index is 13.8. The van der Waals surface area contributed by atoms with Gasteiger partial charge in [0.2, 0.25) is 11.8 Å². The highest BCUT2D eigenvalue weighted by Crippen LogP contribution is 2.68. The van der Waals surface area contributed by atoms with Crippen molar-refractivity contribution in [1.29, 1.82) is 0 Å². The monoisotopic (exact) mass is 588 g/mol. The van der Waals surface area contributed by atoms with E-state index in [9.17, 15) is 27.6 Å². The number of fused-ring (bicyclic) bond motifs is 9. The molecule has 4 aliphatic rings. The number of methoxy groups -OCH3 is 2. The number of aromatic nitrogens is 1. The number of imide groups is 1. The molecule has 2 saturated carbocycles. The van der Waals surface area contributed by atoms with E-state index in [0.29, 0.717) is 17.9 Å². The Morgan fingerprint density at radius 3 is 2.38 bits per heavy atom. The fourth-order valence-corrected chi connectivity index (χ4v) is 10.4. The van der Waals surface area contributed by atoms with Gasteiger partial charge in [-0.1, -0.05) is 23.5 Å². The third-order valence-corrected chi connectivity index (χ3v) is 11.5. The van der Waals surface area contributed by atoms with Crippen molar-refractivity contribution < 1.29 is 32.2 Å². The lowest BCUT2D eigenvalue weighted by atomic mass is 9.68. The fourth-order valence-electron chi connectivity index (χ4n) is 7.51. The van der Waals surface area contributed by atoms with Crippen molar-refractivity contribution in [2.75, 3.05) is 19.1 Å². The molecular weight excluding hydrogens is 565 g/mol. The predicted molar refractivity (Wildman–Crippen MR) is 142 cm³/mol. The number of anilines is 1. The molecule has 208 valence electrons. The Morgan fingerprint density at radius 1 is 0.950 bits per heavy atom. The van der Waals surface area contributed by atoms with Crippen molar-refractivity contribution in [2.24, 2.45) is 29.6 Å². The van der Waals surface area contributed by atoms with Gasteiger partial charge in [-0.25, -0.2) is 0 Å². The van der Waals surface area contributed by atoms with Crippen molar-refractivity contribution in [3.63, 3.8) is 0 Å². The van der Waals surface area contributed by atoms with Crippen LogP contribution in [0.1, 0.15) is 28.3 Å². The normalized spacial score (nSPS) is 30.3. The van der Waals surface area contributed by atoms with E-state index in [1.807, 2.05) is 18.2 Å². The quantitative estimate of drug-likeness (QED) is 0.424. The zero-order valence-corrected chi connectivity index (χ0v) is 22.9. The number of thiazole rings is 1. The SMILES string of the molecule is COc1ccc([C@H]2c3sc(=O)[nH]c3S[C@@H]3[C@@H]4C[C@@H]([C@@H]5C(=O)N(c6cccc(C(F)(F)F)c6)C(=O)[C@@H]45)[C@H]23)cc1OC. The maximum Gasteiger partial charge on any atom is 0.416 e. The molecule has 7 nitrogen and oxygen atoms in total. The van der Waals surface area contributed by atoms with Gasteiger partial charge < -0.3 is 14.5 Å². The molecule has 12 heteroatoms. The average Bonchev–Trinajstić information content (AvgIpc) is 3.66. The third-order valence-electron chi connectivity index (χ3n) is 8.92. The van der Waals surface area contributed by atoms with Crippen molar-refractivity contribution in [3.05, 3.63) is 68.1 Å². The Morgan fingerprint density at radius 2 is 1.68 bits per heavy atom. The number of H-pyrrole nitrogens is 1. The van der Waals surface area contributed by atoms with Gasteiger partial charge in [0.05, 0.1) is 42.3 Å². The minimum atomic E-state index is -4.59. The topological polar surface area (TPSA) is 88.7 Å². The summed E-state index contributed by atoms with van der Waals surface area (Å²) in [5.74, 6) is -1.55. The number of hydrogen-bond acceptors (Lipinski definition) is 7. The predicted octanol–water partition coefficient (Wildman–Crippen LogP) is 5.15. The third kappa shape index (κ3) is 3.54. The van der Waals surface area contributed by atoms with E-state index in [0.717, 1.165) is 43.8 Å². The molecule has 7 rings (SSSR count). The summed E-state index contributed by atoms with van der Waals surface area (Å²) >= 11 is 2.70. The van der Waals surface area contributed by atoms with Crippen LogP contribution in [-0.2, 0) is 15.8 Å². The zero-order valence-electron chi connectivity index (χ0n) is 21.2. The van der Waals surface area contributed by atoms with Gasteiger partial charge in [0, 0.05) is 16.0 Å². The summed E-state index contributed by atoms with van der Waals surface area (Å²) in [4.78, 5) is 44.6. The number of nitrogens with zero attached hydrogens (tertiary/aromatic N) is 1. The number of ether oxygens (including phenoxy) is 2. The molecule has 1 aromatic heterocycles. The van der Waals surface area contributed by atoms with E-state index in [2.05, 4.69) is 4.98 Å². The van der Waals surface area contributed by atoms with Crippen LogP contribution in [-0.4, -0.2) is 36.3 Å². The number of rotatable bonds is 4. The Balaban J connectivity index is 1.30. The molecule has 1 N–H and O–H groups in total. The number of benzene rings is 2. The van der Waals surface area contributed by atoms with E-state index in [4.69, 9.17) is 9.47 Å². The molecule has 0 unspecified atom stereocenters. The Labute approximate surface area is 234 Å². The lowest BCUT2D eigenvalue weighted by molar-refractivity contribution is -0.137. The highest BCUT2D eigenvalue weighted by Gasteiger charge is 2.69. The number of carbonyl (C=O) groups excluding carboxylic acids is 2. The van der Waals surface area contributed by atoms with E-state index in [1.54, 1.807) is 26.0 Å². The van der Waals surface area contributed by atoms with Crippen molar-refractivity contribution in [1.82, 2.24) is 4.98 Å². The van der Waals surface area contributed by atoms with Gasteiger partial charge in [-0.05, 0) is 60.1 Å². The van der Waals surface area contributed by atoms with E-state index in [-0.39, 0.29) is 39.5 Å². The van der Waals surface area contributed by atoms with Crippen LogP contribution in [0.25, 0.3) is 0 Å². The lowest BCUT2D eigenvalue weighted by Crippen LogP contribution is -2.42. The Hall–Kier alpha value is -3.25. The molecule has 2 aliphatic carbocycles. The number of nitrogens with one attached hydrogen (secondary N) is 1. The van der Waals surface area contributed by atoms with E-state index in [1.165, 1.54) is 12.1 Å². The van der Waals surface area contributed by atoms with Crippen LogP contribution in [0.2, 0.25) is 0 Å². The second kappa shape index (κ2) is 8.87. The molecule has 0 radical (unpaired) electrons. The summed E-state index contributed by atoms with van der Waals surface area (Å²) in [6.07, 6.45) is -3.92. The summed E-state index contributed by atoms with van der Waals surface area (Å²) in [6.45, 7) is 0. The largest absolute Gasteiger partial charge is 0.493 e. The Bertz CT molecular complexity index is 1620. The van der Waals surface area contributed by atoms with E-state index >= 15 is 0 Å². The van der Waals surface area contributed by atoms with E-state index < -0.39 is 35.4 Å². The van der Waals surface area contributed by atoms with Gasteiger partial charge in [0.1, 0.15) is 0 Å². The van der Waals surface area contributed by atoms with Crippen LogP contribution in [0, 0.1) is 29.6 Å². The van der Waals surface area contributed by atoms with Gasteiger partial charge in [0.25, 0.3) is 0 Å². The minimum absolute atomic E-state index is 0.0414. The molecule has 2 aromatic carbocycles. The number of hydrogen-bond donors (Lipinski definition) is 1. The van der Waals surface area contributed by atoms with Crippen molar-refractivity contribution in [3.8, 4) is 11.5 Å². The van der Waals surface area contributed by atoms with Gasteiger partial charge >= 0.3 is 11.0 Å². The molecule has 3 heterocycles. The summed E-state index contributed by atoms with van der Waals surface area (Å²) in [7, 11) is 3.10. The van der Waals surface area contributed by atoms with Crippen LogP contribution < -0.4 is 19.2 Å². The number of carbonyl (C=O) groups is 2. The lowest BCUT2D eigenvalue weighted by Gasteiger charge is -2.43. The minimum Gasteiger partial charge on any atom is -0.493 e. The summed E-state index contributed by atoms with van der Waals surface area (Å²) < 4.78 is 51.2. The van der Waals surface area contributed by atoms with Gasteiger partial charge in [-0.15, -0.1) is 11.8 Å². The number of aromatic amines is 1. The highest BCUT2D eigenvalue weighted by atomic mass is 32.2. The second-order valence-electron chi connectivity index (χ2n) is 10.6. The van der Waals surface area contributed by atoms with Gasteiger partial charge in [-0.2, -0.15) is 13.2 Å². The standard InChI is InChI=1S/C28H23F3N2O5S2/c1-37-16-7-6-11(8-17(16)38-2)18-19-14-10-15(22(19)39-24-23(18)40-27(36)32-24)21-20(14)25(34)33(26(21)35)13-5-3-4-12(9-13)28(29,30)31/h3-9,14-15,18-22H,10H2,1-2H3,(H,32,36)/t14-,15-,18-,19-,20+,21+,22-/m1/s1. The average molecular weight is 589 g/mol. The van der Waals surface area contributed by atoms with Crippen molar-refractivity contribution >= 4 is 40.6 Å². The summed E-state index contributed by atoms with van der Waals surface area (Å²) in [5.41, 5.74) is -0.0362. The summed E-state index contributed by atoms with van der Waals surface area (Å²) in [6, 6.07) is 10.0. The van der Waals surface area contributed by atoms with Crippen molar-refractivity contribution in [2.45, 2.75) is 28.8 Å². The first-order chi connectivity index (χ1) is 19.1. The summed E-state index contributed by atoms with van der Waals surface area (Å²) in [5, 5.41) is 0.729. The number of alkyl halides is 3. The van der Waals surface area contributed by atoms with Crippen LogP contribution in [0.4, 0.5) is 18.9 Å². The maximum atomic E-state index is 13.8. The fraction of sp³-hybridized carbons (Fsp3) is 0.393. The first kappa shape index (κ1) is 25.7.